The Morgan fingerprint density at radius 1 is 0.576 bits per heavy atom. The van der Waals surface area contributed by atoms with E-state index in [9.17, 15) is 29.4 Å². The molecule has 2 aromatic carbocycles. The first-order chi connectivity index (χ1) is 28.4. The van der Waals surface area contributed by atoms with Gasteiger partial charge in [-0.25, -0.2) is 0 Å². The first-order valence-corrected chi connectivity index (χ1v) is 23.0. The second-order valence-corrected chi connectivity index (χ2v) is 17.5. The summed E-state index contributed by atoms with van der Waals surface area (Å²) in [7, 11) is 3.25. The maximum Gasteiger partial charge on any atom is 0.319 e. The van der Waals surface area contributed by atoms with Gasteiger partial charge in [-0.15, -0.1) is 0 Å². The van der Waals surface area contributed by atoms with Crippen molar-refractivity contribution in [1.82, 2.24) is 20.9 Å². The lowest BCUT2D eigenvalue weighted by Gasteiger charge is -2.26. The number of hydrogen-bond acceptors (Lipinski definition) is 6. The first-order valence-electron chi connectivity index (χ1n) is 23.0. The molecule has 0 saturated heterocycles. The Labute approximate surface area is 356 Å². The Balaban J connectivity index is 0.000000316. The third-order valence-electron chi connectivity index (χ3n) is 12.6. The SMILES string of the molecule is CCCCCCCCCc1ccc(CNC2CCC(C(=O)O)(C(=O)N(C)C)C2)cc1.CCCCCCCCc1ccc(CNC2CCC(C(=O)O)(C(=O)NCC)C2)cc1. The number of amides is 2. The fourth-order valence-electron chi connectivity index (χ4n) is 8.74. The largest absolute Gasteiger partial charge is 0.480 e. The van der Waals surface area contributed by atoms with Gasteiger partial charge in [0.15, 0.2) is 0 Å². The molecule has 2 saturated carbocycles. The van der Waals surface area contributed by atoms with Crippen molar-refractivity contribution in [2.45, 2.75) is 181 Å². The van der Waals surface area contributed by atoms with Crippen LogP contribution in [0.4, 0.5) is 0 Å². The van der Waals surface area contributed by atoms with Crippen LogP contribution in [0.25, 0.3) is 0 Å². The van der Waals surface area contributed by atoms with E-state index in [0.29, 0.717) is 58.2 Å². The van der Waals surface area contributed by atoms with Crippen LogP contribution in [-0.2, 0) is 45.1 Å². The summed E-state index contributed by atoms with van der Waals surface area (Å²) < 4.78 is 0. The highest BCUT2D eigenvalue weighted by Gasteiger charge is 2.52. The van der Waals surface area contributed by atoms with Gasteiger partial charge in [-0.2, -0.15) is 0 Å². The number of carboxylic acids is 2. The highest BCUT2D eigenvalue weighted by molar-refractivity contribution is 6.02. The monoisotopic (exact) mass is 819 g/mol. The third-order valence-corrected chi connectivity index (χ3v) is 12.6. The third kappa shape index (κ3) is 16.0. The standard InChI is InChI=1S/C25H40N2O3.C24H38N2O3/c1-4-5-6-7-8-9-10-11-20-12-14-21(15-13-20)19-26-22-16-17-25(18-22,24(29)30)23(28)27(2)3;1-3-5-6-7-8-9-10-19-11-13-20(14-12-19)18-26-21-15-16-24(17-21,23(28)29)22(27)25-4-2/h12-15,22,26H,4-11,16-19H2,1-3H3,(H,29,30);11-14,21,26H,3-10,15-18H2,1-2H3,(H,25,27)(H,28,29). The van der Waals surface area contributed by atoms with Crippen molar-refractivity contribution >= 4 is 23.8 Å². The second-order valence-electron chi connectivity index (χ2n) is 17.5. The average molecular weight is 819 g/mol. The number of benzene rings is 2. The molecule has 0 heterocycles. The molecule has 0 bridgehead atoms. The Hall–Kier alpha value is -3.76. The van der Waals surface area contributed by atoms with E-state index >= 15 is 0 Å². The van der Waals surface area contributed by atoms with E-state index in [1.54, 1.807) is 14.1 Å². The van der Waals surface area contributed by atoms with Crippen molar-refractivity contribution in [2.75, 3.05) is 20.6 Å². The Kier molecular flexibility index (Phi) is 22.2. The Bertz CT molecular complexity index is 1550. The smallest absolute Gasteiger partial charge is 0.319 e. The molecule has 5 N–H and O–H groups in total. The van der Waals surface area contributed by atoms with Gasteiger partial charge >= 0.3 is 11.9 Å². The summed E-state index contributed by atoms with van der Waals surface area (Å²) in [6.45, 7) is 8.17. The summed E-state index contributed by atoms with van der Waals surface area (Å²) in [6.07, 6.45) is 22.4. The van der Waals surface area contributed by atoms with Crippen molar-refractivity contribution in [3.8, 4) is 0 Å². The predicted molar refractivity (Wildman–Crippen MR) is 238 cm³/mol. The number of aryl methyl sites for hydroxylation is 2. The van der Waals surface area contributed by atoms with Crippen LogP contribution in [0.5, 0.6) is 0 Å². The molecule has 2 aliphatic carbocycles. The molecule has 330 valence electrons. The van der Waals surface area contributed by atoms with E-state index in [0.717, 1.165) is 12.8 Å². The van der Waals surface area contributed by atoms with Crippen LogP contribution >= 0.6 is 0 Å². The van der Waals surface area contributed by atoms with Gasteiger partial charge < -0.3 is 31.1 Å². The number of aliphatic carboxylic acids is 2. The number of nitrogens with one attached hydrogen (secondary N) is 3. The van der Waals surface area contributed by atoms with Gasteiger partial charge in [0.25, 0.3) is 0 Å². The van der Waals surface area contributed by atoms with Gasteiger partial charge in [0, 0.05) is 45.8 Å². The lowest BCUT2D eigenvalue weighted by molar-refractivity contribution is -0.159. The second kappa shape index (κ2) is 26.5. The van der Waals surface area contributed by atoms with Crippen LogP contribution in [0.3, 0.4) is 0 Å². The number of unbranched alkanes of at least 4 members (excludes halogenated alkanes) is 11. The van der Waals surface area contributed by atoms with Crippen LogP contribution < -0.4 is 16.0 Å². The van der Waals surface area contributed by atoms with Crippen LogP contribution in [0.15, 0.2) is 48.5 Å². The normalized spacial score (nSPS) is 21.1. The highest BCUT2D eigenvalue weighted by Crippen LogP contribution is 2.41. The minimum absolute atomic E-state index is 0.0523. The summed E-state index contributed by atoms with van der Waals surface area (Å²) in [5.74, 6) is -2.66. The minimum atomic E-state index is -1.28. The molecular weight excluding hydrogens is 741 g/mol. The molecule has 4 unspecified atom stereocenters. The van der Waals surface area contributed by atoms with Crippen LogP contribution in [0.1, 0.15) is 165 Å². The zero-order chi connectivity index (χ0) is 43.1. The number of carbonyl (C=O) groups is 4. The summed E-state index contributed by atoms with van der Waals surface area (Å²) in [6, 6.07) is 17.6. The van der Waals surface area contributed by atoms with Crippen molar-refractivity contribution < 1.29 is 29.4 Å². The van der Waals surface area contributed by atoms with Crippen LogP contribution in [0.2, 0.25) is 0 Å². The maximum absolute atomic E-state index is 12.5. The van der Waals surface area contributed by atoms with Gasteiger partial charge in [-0.1, -0.05) is 133 Å². The molecule has 0 spiro atoms. The highest BCUT2D eigenvalue weighted by atomic mass is 16.4. The van der Waals surface area contributed by atoms with E-state index in [4.69, 9.17) is 0 Å². The molecule has 0 aromatic heterocycles. The minimum Gasteiger partial charge on any atom is -0.480 e. The molecule has 10 nitrogen and oxygen atoms in total. The number of carboxylic acid groups (broad SMARTS) is 2. The Morgan fingerprint density at radius 2 is 0.949 bits per heavy atom. The zero-order valence-corrected chi connectivity index (χ0v) is 37.2. The Morgan fingerprint density at radius 3 is 1.34 bits per heavy atom. The zero-order valence-electron chi connectivity index (χ0n) is 37.2. The van der Waals surface area contributed by atoms with Gasteiger partial charge in [0.05, 0.1) is 0 Å². The molecule has 4 rings (SSSR count). The first kappa shape index (κ1) is 49.6. The van der Waals surface area contributed by atoms with E-state index in [1.165, 1.54) is 111 Å². The van der Waals surface area contributed by atoms with Gasteiger partial charge in [0.1, 0.15) is 10.8 Å². The molecule has 2 fully saturated rings. The van der Waals surface area contributed by atoms with Crippen molar-refractivity contribution in [2.24, 2.45) is 10.8 Å². The fraction of sp³-hybridized carbons (Fsp3) is 0.673. The molecule has 0 aliphatic heterocycles. The summed E-state index contributed by atoms with van der Waals surface area (Å²) in [5.41, 5.74) is 2.60. The number of hydrogen-bond donors (Lipinski definition) is 5. The number of carbonyl (C=O) groups excluding carboxylic acids is 2. The van der Waals surface area contributed by atoms with Gasteiger partial charge in [-0.05, 0) is 93.4 Å². The van der Waals surface area contributed by atoms with Crippen LogP contribution in [-0.4, -0.2) is 71.6 Å². The maximum atomic E-state index is 12.5. The van der Waals surface area contributed by atoms with Crippen molar-refractivity contribution in [1.29, 1.82) is 0 Å². The van der Waals surface area contributed by atoms with E-state index in [2.05, 4.69) is 78.3 Å². The molecule has 10 heteroatoms. The summed E-state index contributed by atoms with van der Waals surface area (Å²) in [5, 5.41) is 28.9. The number of rotatable bonds is 26. The molecule has 2 aromatic rings. The topological polar surface area (TPSA) is 148 Å². The molecule has 0 radical (unpaired) electrons. The quantitative estimate of drug-likeness (QED) is 0.0467. The number of nitrogens with zero attached hydrogens (tertiary/aromatic N) is 1. The van der Waals surface area contributed by atoms with E-state index < -0.39 is 22.8 Å². The average Bonchev–Trinajstić information content (AvgIpc) is 3.88. The van der Waals surface area contributed by atoms with Crippen LogP contribution in [0, 0.1) is 10.8 Å². The van der Waals surface area contributed by atoms with E-state index in [-0.39, 0.29) is 23.9 Å². The van der Waals surface area contributed by atoms with Gasteiger partial charge in [0.2, 0.25) is 11.8 Å². The predicted octanol–water partition coefficient (Wildman–Crippen LogP) is 9.22. The molecule has 4 atom stereocenters. The molecular formula is C49H78N4O6. The summed E-state index contributed by atoms with van der Waals surface area (Å²) >= 11 is 0. The lowest BCUT2D eigenvalue weighted by atomic mass is 9.84. The summed E-state index contributed by atoms with van der Waals surface area (Å²) in [4.78, 5) is 49.8. The van der Waals surface area contributed by atoms with Crippen molar-refractivity contribution in [3.05, 3.63) is 70.8 Å². The molecule has 2 amide bonds. The van der Waals surface area contributed by atoms with Gasteiger partial charge in [-0.3, -0.25) is 19.2 Å². The fourth-order valence-corrected chi connectivity index (χ4v) is 8.74. The lowest BCUT2D eigenvalue weighted by Crippen LogP contribution is -2.46. The van der Waals surface area contributed by atoms with E-state index in [1.807, 2.05) is 6.92 Å². The van der Waals surface area contributed by atoms with Crippen molar-refractivity contribution in [3.63, 3.8) is 0 Å². The molecule has 59 heavy (non-hydrogen) atoms. The molecule has 2 aliphatic rings.